The van der Waals surface area contributed by atoms with E-state index in [1.165, 1.54) is 33.8 Å². The number of carbonyl (C=O) groups is 3. The number of phenolic OH excluding ortho intramolecular Hbond substituents is 1. The molecule has 7 nitrogen and oxygen atoms in total. The first-order chi connectivity index (χ1) is 15.3. The number of benzene rings is 2. The molecule has 0 spiro atoms. The van der Waals surface area contributed by atoms with Gasteiger partial charge in [0.1, 0.15) is 5.54 Å². The lowest BCUT2D eigenvalue weighted by Crippen LogP contribution is -2.50. The van der Waals surface area contributed by atoms with Crippen LogP contribution in [-0.4, -0.2) is 38.1 Å². The van der Waals surface area contributed by atoms with Gasteiger partial charge in [0.05, 0.1) is 11.4 Å². The van der Waals surface area contributed by atoms with Gasteiger partial charge in [0.2, 0.25) is 5.91 Å². The van der Waals surface area contributed by atoms with Gasteiger partial charge in [-0.3, -0.25) is 14.2 Å². The van der Waals surface area contributed by atoms with E-state index >= 15 is 4.39 Å². The first-order valence-corrected chi connectivity index (χ1v) is 9.85. The maximum atomic E-state index is 15.0. The van der Waals surface area contributed by atoms with Crippen molar-refractivity contribution in [3.63, 3.8) is 0 Å². The number of rotatable bonds is 5. The zero-order chi connectivity index (χ0) is 24.8. The van der Waals surface area contributed by atoms with Crippen molar-refractivity contribution in [3.05, 3.63) is 64.6 Å². The predicted octanol–water partition coefficient (Wildman–Crippen LogP) is 3.84. The molecule has 3 rings (SSSR count). The van der Waals surface area contributed by atoms with Crippen molar-refractivity contribution < 1.29 is 37.8 Å². The number of hydrogen-bond acceptors (Lipinski definition) is 4. The molecule has 1 heterocycles. The summed E-state index contributed by atoms with van der Waals surface area (Å²) in [6.45, 7) is 5.37. The maximum absolute atomic E-state index is 15.0. The molecule has 0 radical (unpaired) electrons. The van der Waals surface area contributed by atoms with Crippen LogP contribution in [-0.2, 0) is 9.59 Å². The van der Waals surface area contributed by atoms with Crippen LogP contribution in [0.5, 0.6) is 5.75 Å². The molecule has 0 bridgehead atoms. The van der Waals surface area contributed by atoms with Gasteiger partial charge in [0.15, 0.2) is 23.2 Å². The minimum atomic E-state index is -1.63. The average molecular weight is 462 g/mol. The summed E-state index contributed by atoms with van der Waals surface area (Å²) in [4.78, 5) is 37.4. The SMILES string of the molecule is Cc1c(C(C)C(=O)NC(C)(C)C(=O)O)c2c(F)c(O)ccc2n1C(=O)c1ccc(F)c(F)c1. The fourth-order valence-electron chi connectivity index (χ4n) is 3.63. The molecule has 3 N–H and O–H groups in total. The number of carbonyl (C=O) groups excluding carboxylic acids is 2. The number of aromatic nitrogens is 1. The molecule has 3 aromatic rings. The van der Waals surface area contributed by atoms with Crippen molar-refractivity contribution in [3.8, 4) is 5.75 Å². The van der Waals surface area contributed by atoms with E-state index < -0.39 is 52.4 Å². The Morgan fingerprint density at radius 1 is 1.06 bits per heavy atom. The first kappa shape index (κ1) is 23.8. The summed E-state index contributed by atoms with van der Waals surface area (Å²) in [6, 6.07) is 4.82. The van der Waals surface area contributed by atoms with Gasteiger partial charge in [-0.15, -0.1) is 0 Å². The molecule has 0 aliphatic rings. The van der Waals surface area contributed by atoms with E-state index in [1.807, 2.05) is 0 Å². The van der Waals surface area contributed by atoms with Crippen molar-refractivity contribution in [2.45, 2.75) is 39.2 Å². The quantitative estimate of drug-likeness (QED) is 0.534. The smallest absolute Gasteiger partial charge is 0.328 e. The van der Waals surface area contributed by atoms with E-state index in [9.17, 15) is 33.4 Å². The second-order valence-electron chi connectivity index (χ2n) is 8.20. The molecule has 0 fully saturated rings. The number of aliphatic carboxylic acids is 1. The largest absolute Gasteiger partial charge is 0.505 e. The third kappa shape index (κ3) is 4.04. The van der Waals surface area contributed by atoms with Gasteiger partial charge in [0, 0.05) is 16.6 Å². The molecule has 0 saturated heterocycles. The Kier molecular flexibility index (Phi) is 5.97. The van der Waals surface area contributed by atoms with Gasteiger partial charge in [0.25, 0.3) is 5.91 Å². The number of halogens is 3. The van der Waals surface area contributed by atoms with Crippen molar-refractivity contribution >= 4 is 28.7 Å². The summed E-state index contributed by atoms with van der Waals surface area (Å²) in [5.41, 5.74) is -1.71. The number of aromatic hydroxyl groups is 1. The van der Waals surface area contributed by atoms with Crippen molar-refractivity contribution in [2.75, 3.05) is 0 Å². The Balaban J connectivity index is 2.22. The summed E-state index contributed by atoms with van der Waals surface area (Å²) in [7, 11) is 0. The van der Waals surface area contributed by atoms with Gasteiger partial charge in [-0.05, 0) is 63.6 Å². The van der Waals surface area contributed by atoms with Crippen LogP contribution >= 0.6 is 0 Å². The molecule has 10 heteroatoms. The van der Waals surface area contributed by atoms with Crippen molar-refractivity contribution in [1.29, 1.82) is 0 Å². The average Bonchev–Trinajstić information content (AvgIpc) is 3.03. The third-order valence-electron chi connectivity index (χ3n) is 5.50. The molecule has 1 atom stereocenters. The van der Waals surface area contributed by atoms with Gasteiger partial charge in [-0.2, -0.15) is 0 Å². The highest BCUT2D eigenvalue weighted by molar-refractivity contribution is 6.06. The normalized spacial score (nSPS) is 12.6. The molecule has 1 unspecified atom stereocenters. The molecule has 33 heavy (non-hydrogen) atoms. The Bertz CT molecular complexity index is 1310. The number of phenols is 1. The fraction of sp³-hybridized carbons (Fsp3) is 0.261. The molecular weight excluding hydrogens is 441 g/mol. The summed E-state index contributed by atoms with van der Waals surface area (Å²) < 4.78 is 43.1. The van der Waals surface area contributed by atoms with Crippen LogP contribution in [0.25, 0.3) is 10.9 Å². The lowest BCUT2D eigenvalue weighted by molar-refractivity contribution is -0.146. The zero-order valence-corrected chi connectivity index (χ0v) is 18.2. The van der Waals surface area contributed by atoms with E-state index in [0.29, 0.717) is 6.07 Å². The van der Waals surface area contributed by atoms with Crippen LogP contribution in [0.2, 0.25) is 0 Å². The van der Waals surface area contributed by atoms with Crippen LogP contribution in [0.1, 0.15) is 48.3 Å². The Hall–Kier alpha value is -3.82. The molecule has 1 amide bonds. The lowest BCUT2D eigenvalue weighted by Gasteiger charge is -2.23. The van der Waals surface area contributed by atoms with Crippen LogP contribution in [0.15, 0.2) is 30.3 Å². The summed E-state index contributed by atoms with van der Waals surface area (Å²) in [6.07, 6.45) is 0. The molecule has 0 aliphatic carbocycles. The summed E-state index contributed by atoms with van der Waals surface area (Å²) >= 11 is 0. The summed E-state index contributed by atoms with van der Waals surface area (Å²) in [5, 5.41) is 21.3. The van der Waals surface area contributed by atoms with E-state index in [4.69, 9.17) is 0 Å². The highest BCUT2D eigenvalue weighted by Crippen LogP contribution is 2.37. The minimum Gasteiger partial charge on any atom is -0.505 e. The summed E-state index contributed by atoms with van der Waals surface area (Å²) in [5.74, 6) is -8.20. The second kappa shape index (κ2) is 8.27. The van der Waals surface area contributed by atoms with Crippen LogP contribution in [0, 0.1) is 24.4 Å². The molecule has 0 saturated carbocycles. The maximum Gasteiger partial charge on any atom is 0.328 e. The number of carboxylic acid groups (broad SMARTS) is 1. The van der Waals surface area contributed by atoms with Crippen LogP contribution in [0.4, 0.5) is 13.2 Å². The van der Waals surface area contributed by atoms with Crippen LogP contribution < -0.4 is 5.32 Å². The van der Waals surface area contributed by atoms with E-state index in [1.54, 1.807) is 0 Å². The monoisotopic (exact) mass is 462 g/mol. The number of nitrogens with zero attached hydrogens (tertiary/aromatic N) is 1. The Morgan fingerprint density at radius 2 is 1.70 bits per heavy atom. The lowest BCUT2D eigenvalue weighted by atomic mass is 9.95. The van der Waals surface area contributed by atoms with E-state index in [-0.39, 0.29) is 27.7 Å². The van der Waals surface area contributed by atoms with Gasteiger partial charge < -0.3 is 15.5 Å². The Morgan fingerprint density at radius 3 is 2.27 bits per heavy atom. The number of carboxylic acids is 1. The molecule has 0 aliphatic heterocycles. The van der Waals surface area contributed by atoms with Crippen molar-refractivity contribution in [1.82, 2.24) is 9.88 Å². The third-order valence-corrected chi connectivity index (χ3v) is 5.50. The van der Waals surface area contributed by atoms with Gasteiger partial charge in [-0.25, -0.2) is 18.0 Å². The number of hydrogen-bond donors (Lipinski definition) is 3. The molecule has 2 aromatic carbocycles. The van der Waals surface area contributed by atoms with E-state index in [2.05, 4.69) is 5.32 Å². The number of nitrogens with one attached hydrogen (secondary N) is 1. The van der Waals surface area contributed by atoms with Crippen LogP contribution in [0.3, 0.4) is 0 Å². The molecule has 1 aromatic heterocycles. The molecule has 174 valence electrons. The van der Waals surface area contributed by atoms with Gasteiger partial charge >= 0.3 is 5.97 Å². The topological polar surface area (TPSA) is 109 Å². The second-order valence-corrected chi connectivity index (χ2v) is 8.20. The predicted molar refractivity (Wildman–Crippen MR) is 113 cm³/mol. The highest BCUT2D eigenvalue weighted by Gasteiger charge is 2.34. The fourth-order valence-corrected chi connectivity index (χ4v) is 3.63. The first-order valence-electron chi connectivity index (χ1n) is 9.85. The number of amides is 1. The zero-order valence-electron chi connectivity index (χ0n) is 18.2. The van der Waals surface area contributed by atoms with Crippen molar-refractivity contribution in [2.24, 2.45) is 0 Å². The van der Waals surface area contributed by atoms with E-state index in [0.717, 1.165) is 22.8 Å². The molecular formula is C23H21F3N2O5. The Labute approximate surface area is 186 Å². The highest BCUT2D eigenvalue weighted by atomic mass is 19.2. The minimum absolute atomic E-state index is 0.00956. The standard InChI is InChI=1S/C23H21F3N2O5/c1-10(20(30)27-23(3,4)22(32)33)17-11(2)28(15-7-8-16(29)19(26)18(15)17)21(31)12-5-6-13(24)14(25)9-12/h5-10,29H,1-4H3,(H,27,30)(H,32,33). The number of fused-ring (bicyclic) bond motifs is 1. The van der Waals surface area contributed by atoms with Gasteiger partial charge in [-0.1, -0.05) is 0 Å².